The number of rotatable bonds is 8. The monoisotopic (exact) mass is 363 g/mol. The molecule has 0 atom stereocenters. The molecule has 1 aliphatic rings. The van der Waals surface area contributed by atoms with Gasteiger partial charge in [0.15, 0.2) is 0 Å². The highest BCUT2D eigenvalue weighted by Crippen LogP contribution is 2.27. The fourth-order valence-corrected chi connectivity index (χ4v) is 3.72. The number of hydrogen-bond donors (Lipinski definition) is 2. The standard InChI is InChI=1S/C15H23ClN2O4S/c1-2-22-15-12-13(4-5-14(15)16)23(19,20)17-6-3-7-18-8-10-21-11-9-18/h4-5,12,17H,2-3,6-11H2,1H3/p+1. The van der Waals surface area contributed by atoms with Crippen LogP contribution in [-0.4, -0.2) is 54.4 Å². The predicted octanol–water partition coefficient (Wildman–Crippen LogP) is 0.322. The van der Waals surface area contributed by atoms with Crippen molar-refractivity contribution in [3.05, 3.63) is 23.2 Å². The predicted molar refractivity (Wildman–Crippen MR) is 88.8 cm³/mol. The van der Waals surface area contributed by atoms with Gasteiger partial charge in [-0.15, -0.1) is 0 Å². The molecule has 1 saturated heterocycles. The number of ether oxygens (including phenoxy) is 2. The average Bonchev–Trinajstić information content (AvgIpc) is 2.55. The minimum atomic E-state index is -3.54. The van der Waals surface area contributed by atoms with Crippen molar-refractivity contribution in [1.82, 2.24) is 4.72 Å². The van der Waals surface area contributed by atoms with Crippen LogP contribution >= 0.6 is 11.6 Å². The summed E-state index contributed by atoms with van der Waals surface area (Å²) in [6.07, 6.45) is 0.792. The van der Waals surface area contributed by atoms with Gasteiger partial charge in [-0.1, -0.05) is 11.6 Å². The first-order valence-corrected chi connectivity index (χ1v) is 9.72. The molecule has 8 heteroatoms. The van der Waals surface area contributed by atoms with Crippen LogP contribution in [0.5, 0.6) is 5.75 Å². The number of hydrogen-bond acceptors (Lipinski definition) is 4. The van der Waals surface area contributed by atoms with Crippen molar-refractivity contribution in [1.29, 1.82) is 0 Å². The lowest BCUT2D eigenvalue weighted by Crippen LogP contribution is -3.14. The molecule has 1 fully saturated rings. The van der Waals surface area contributed by atoms with E-state index in [0.29, 0.717) is 23.9 Å². The molecular weight excluding hydrogens is 340 g/mol. The van der Waals surface area contributed by atoms with Crippen LogP contribution in [0.1, 0.15) is 13.3 Å². The van der Waals surface area contributed by atoms with Crippen LogP contribution in [0.2, 0.25) is 5.02 Å². The van der Waals surface area contributed by atoms with Crippen LogP contribution in [-0.2, 0) is 14.8 Å². The van der Waals surface area contributed by atoms with Gasteiger partial charge in [-0.05, 0) is 19.1 Å². The fourth-order valence-electron chi connectivity index (χ4n) is 2.46. The quantitative estimate of drug-likeness (QED) is 0.653. The van der Waals surface area contributed by atoms with Crippen LogP contribution in [0.3, 0.4) is 0 Å². The van der Waals surface area contributed by atoms with E-state index in [9.17, 15) is 8.42 Å². The van der Waals surface area contributed by atoms with Crippen molar-refractivity contribution >= 4 is 21.6 Å². The smallest absolute Gasteiger partial charge is 0.240 e. The first kappa shape index (κ1) is 18.5. The average molecular weight is 364 g/mol. The van der Waals surface area contributed by atoms with E-state index in [1.54, 1.807) is 6.07 Å². The number of morpholine rings is 1. The molecule has 1 aromatic rings. The summed E-state index contributed by atoms with van der Waals surface area (Å²) in [5.74, 6) is 0.384. The topological polar surface area (TPSA) is 69.1 Å². The van der Waals surface area contributed by atoms with Gasteiger partial charge in [-0.25, -0.2) is 13.1 Å². The van der Waals surface area contributed by atoms with E-state index in [1.807, 2.05) is 6.92 Å². The maximum atomic E-state index is 12.3. The van der Waals surface area contributed by atoms with Crippen LogP contribution in [0.4, 0.5) is 0 Å². The molecule has 0 saturated carbocycles. The molecule has 23 heavy (non-hydrogen) atoms. The van der Waals surface area contributed by atoms with Crippen LogP contribution < -0.4 is 14.4 Å². The first-order valence-electron chi connectivity index (χ1n) is 7.86. The maximum Gasteiger partial charge on any atom is 0.240 e. The Morgan fingerprint density at radius 2 is 2.09 bits per heavy atom. The van der Waals surface area contributed by atoms with Crippen LogP contribution in [0, 0.1) is 0 Å². The van der Waals surface area contributed by atoms with Gasteiger partial charge in [0.05, 0.1) is 36.3 Å². The molecule has 1 aromatic carbocycles. The lowest BCUT2D eigenvalue weighted by Gasteiger charge is -2.23. The van der Waals surface area contributed by atoms with Gasteiger partial charge in [0, 0.05) is 19.0 Å². The zero-order valence-electron chi connectivity index (χ0n) is 13.3. The van der Waals surface area contributed by atoms with E-state index < -0.39 is 10.0 Å². The second kappa shape index (κ2) is 8.84. The number of sulfonamides is 1. The molecule has 2 rings (SSSR count). The highest BCUT2D eigenvalue weighted by Gasteiger charge is 2.17. The second-order valence-electron chi connectivity index (χ2n) is 5.39. The maximum absolute atomic E-state index is 12.3. The summed E-state index contributed by atoms with van der Waals surface area (Å²) in [6, 6.07) is 4.49. The van der Waals surface area contributed by atoms with Crippen molar-refractivity contribution < 1.29 is 22.8 Å². The van der Waals surface area contributed by atoms with E-state index in [2.05, 4.69) is 4.72 Å². The van der Waals surface area contributed by atoms with Gasteiger partial charge in [-0.3, -0.25) is 0 Å². The van der Waals surface area contributed by atoms with Gasteiger partial charge < -0.3 is 14.4 Å². The molecule has 1 aliphatic heterocycles. The van der Waals surface area contributed by atoms with Crippen molar-refractivity contribution in [2.45, 2.75) is 18.2 Å². The number of nitrogens with one attached hydrogen (secondary N) is 2. The Bertz CT molecular complexity index is 603. The van der Waals surface area contributed by atoms with E-state index in [4.69, 9.17) is 21.1 Å². The summed E-state index contributed by atoms with van der Waals surface area (Å²) in [4.78, 5) is 1.63. The Hall–Kier alpha value is -0.860. The zero-order chi connectivity index (χ0) is 16.7. The molecule has 0 aromatic heterocycles. The molecule has 0 aliphatic carbocycles. The Kier molecular flexibility index (Phi) is 7.10. The van der Waals surface area contributed by atoms with Crippen molar-refractivity contribution in [2.75, 3.05) is 46.0 Å². The van der Waals surface area contributed by atoms with Crippen molar-refractivity contribution in [3.8, 4) is 5.75 Å². The zero-order valence-corrected chi connectivity index (χ0v) is 14.9. The molecule has 130 valence electrons. The normalized spacial score (nSPS) is 16.4. The van der Waals surface area contributed by atoms with E-state index in [-0.39, 0.29) is 4.90 Å². The molecule has 0 amide bonds. The fraction of sp³-hybridized carbons (Fsp3) is 0.600. The minimum absolute atomic E-state index is 0.170. The van der Waals surface area contributed by atoms with Crippen LogP contribution in [0.15, 0.2) is 23.1 Å². The molecule has 6 nitrogen and oxygen atoms in total. The highest BCUT2D eigenvalue weighted by molar-refractivity contribution is 7.89. The SMILES string of the molecule is CCOc1cc(S(=O)(=O)NCCC[NH+]2CCOCC2)ccc1Cl. The summed E-state index contributed by atoms with van der Waals surface area (Å²) >= 11 is 5.98. The second-order valence-corrected chi connectivity index (χ2v) is 7.56. The molecule has 0 unspecified atom stereocenters. The van der Waals surface area contributed by atoms with Crippen molar-refractivity contribution in [2.24, 2.45) is 0 Å². The third-order valence-corrected chi connectivity index (χ3v) is 5.48. The summed E-state index contributed by atoms with van der Waals surface area (Å²) in [5, 5.41) is 0.404. The van der Waals surface area contributed by atoms with E-state index >= 15 is 0 Å². The van der Waals surface area contributed by atoms with Crippen molar-refractivity contribution in [3.63, 3.8) is 0 Å². The Morgan fingerprint density at radius 1 is 1.35 bits per heavy atom. The molecule has 0 radical (unpaired) electrons. The molecular formula is C15H24ClN2O4S+. The number of quaternary nitrogens is 1. The van der Waals surface area contributed by atoms with E-state index in [1.165, 1.54) is 17.0 Å². The molecule has 0 spiro atoms. The Morgan fingerprint density at radius 3 is 2.78 bits per heavy atom. The largest absolute Gasteiger partial charge is 0.492 e. The van der Waals surface area contributed by atoms with E-state index in [0.717, 1.165) is 39.3 Å². The molecule has 0 bridgehead atoms. The van der Waals surface area contributed by atoms with Crippen LogP contribution in [0.25, 0.3) is 0 Å². The lowest BCUT2D eigenvalue weighted by molar-refractivity contribution is -0.908. The minimum Gasteiger partial charge on any atom is -0.492 e. The van der Waals surface area contributed by atoms with Gasteiger partial charge in [0.25, 0.3) is 0 Å². The van der Waals surface area contributed by atoms with Gasteiger partial charge in [-0.2, -0.15) is 0 Å². The Balaban J connectivity index is 1.87. The highest BCUT2D eigenvalue weighted by atomic mass is 35.5. The molecule has 1 heterocycles. The van der Waals surface area contributed by atoms with Gasteiger partial charge in [0.1, 0.15) is 18.8 Å². The van der Waals surface area contributed by atoms with Gasteiger partial charge in [0.2, 0.25) is 10.0 Å². The number of halogens is 1. The third kappa shape index (κ3) is 5.61. The third-order valence-electron chi connectivity index (χ3n) is 3.71. The summed E-state index contributed by atoms with van der Waals surface area (Å²) in [6.45, 7) is 7.15. The molecule has 2 N–H and O–H groups in total. The summed E-state index contributed by atoms with van der Waals surface area (Å²) < 4.78 is 37.9. The van der Waals surface area contributed by atoms with Gasteiger partial charge >= 0.3 is 0 Å². The summed E-state index contributed by atoms with van der Waals surface area (Å²) in [5.41, 5.74) is 0. The summed E-state index contributed by atoms with van der Waals surface area (Å²) in [7, 11) is -3.54. The lowest BCUT2D eigenvalue weighted by atomic mass is 10.3. The Labute approximate surface area is 142 Å². The number of benzene rings is 1. The first-order chi connectivity index (χ1) is 11.0.